The van der Waals surface area contributed by atoms with Crippen molar-refractivity contribution in [1.82, 2.24) is 14.5 Å². The van der Waals surface area contributed by atoms with E-state index in [2.05, 4.69) is 29.6 Å². The number of fused-ring (bicyclic) bond motifs is 1. The second-order valence-electron chi connectivity index (χ2n) is 10.1. The molecule has 190 valence electrons. The minimum atomic E-state index is -4.63. The first-order valence-electron chi connectivity index (χ1n) is 11.6. The fraction of sp³-hybridized carbons (Fsp3) is 0.308. The Bertz CT molecular complexity index is 1420. The van der Waals surface area contributed by atoms with Crippen molar-refractivity contribution in [2.24, 2.45) is 5.73 Å². The number of carbonyl (C=O) groups excluding carboxylic acids is 1. The highest BCUT2D eigenvalue weighted by Gasteiger charge is 2.36. The molecule has 1 amide bonds. The lowest BCUT2D eigenvalue weighted by molar-refractivity contribution is -0.137. The highest BCUT2D eigenvalue weighted by atomic mass is 28.3. The van der Waals surface area contributed by atoms with Gasteiger partial charge in [-0.3, -0.25) is 4.79 Å². The van der Waals surface area contributed by atoms with E-state index in [0.717, 1.165) is 17.5 Å². The zero-order chi connectivity index (χ0) is 26.3. The molecule has 0 aliphatic rings. The van der Waals surface area contributed by atoms with Crippen LogP contribution in [0.5, 0.6) is 0 Å². The Hall–Kier alpha value is -3.37. The van der Waals surface area contributed by atoms with Crippen molar-refractivity contribution in [1.29, 1.82) is 0 Å². The topological polar surface area (TPSA) is 85.9 Å². The zero-order valence-electron chi connectivity index (χ0n) is 20.7. The van der Waals surface area contributed by atoms with Gasteiger partial charge in [0, 0.05) is 43.6 Å². The molecule has 0 aliphatic carbocycles. The molecule has 0 radical (unpaired) electrons. The van der Waals surface area contributed by atoms with Gasteiger partial charge in [0.2, 0.25) is 0 Å². The average molecular weight is 515 g/mol. The minimum absolute atomic E-state index is 0.00588. The van der Waals surface area contributed by atoms with E-state index in [9.17, 15) is 18.0 Å². The number of benzene rings is 1. The molecule has 1 aromatic carbocycles. The summed E-state index contributed by atoms with van der Waals surface area (Å²) in [5.74, 6) is -0.819. The molecule has 0 atom stereocenters. The fourth-order valence-electron chi connectivity index (χ4n) is 4.20. The van der Waals surface area contributed by atoms with Crippen molar-refractivity contribution >= 4 is 25.0 Å². The van der Waals surface area contributed by atoms with Crippen LogP contribution in [0.3, 0.4) is 0 Å². The molecule has 3 N–H and O–H groups in total. The van der Waals surface area contributed by atoms with Crippen molar-refractivity contribution in [3.05, 3.63) is 65.5 Å². The van der Waals surface area contributed by atoms with Crippen LogP contribution >= 0.6 is 0 Å². The van der Waals surface area contributed by atoms with Crippen LogP contribution in [0.25, 0.3) is 33.5 Å². The average Bonchev–Trinajstić information content (AvgIpc) is 3.40. The number of aryl methyl sites for hydroxylation is 1. The smallest absolute Gasteiger partial charge is 0.366 e. The maximum Gasteiger partial charge on any atom is 0.417 e. The Morgan fingerprint density at radius 2 is 1.89 bits per heavy atom. The van der Waals surface area contributed by atoms with E-state index >= 15 is 0 Å². The number of pyridine rings is 1. The second-order valence-corrected chi connectivity index (χ2v) is 15.7. The minimum Gasteiger partial charge on any atom is -0.366 e. The molecule has 0 fully saturated rings. The van der Waals surface area contributed by atoms with Crippen LogP contribution < -0.4 is 5.73 Å². The number of hydrogen-bond acceptors (Lipinski definition) is 3. The Labute approximate surface area is 208 Å². The number of alkyl halides is 3. The van der Waals surface area contributed by atoms with Crippen molar-refractivity contribution in [3.8, 4) is 22.5 Å². The van der Waals surface area contributed by atoms with Crippen molar-refractivity contribution in [3.63, 3.8) is 0 Å². The van der Waals surface area contributed by atoms with Gasteiger partial charge in [-0.15, -0.1) is 0 Å². The van der Waals surface area contributed by atoms with Gasteiger partial charge in [-0.25, -0.2) is 4.98 Å². The predicted molar refractivity (Wildman–Crippen MR) is 137 cm³/mol. The molecule has 36 heavy (non-hydrogen) atoms. The SMILES string of the molecule is Cc1ccc(-c2c(C(N)=O)cc(-c3ccnc4[nH]ccc34)n2COCC[Si](C)(C)C)c(C(F)(F)F)c1. The summed E-state index contributed by atoms with van der Waals surface area (Å²) >= 11 is 0. The molecule has 4 rings (SSSR count). The Balaban J connectivity index is 1.97. The van der Waals surface area contributed by atoms with Gasteiger partial charge >= 0.3 is 6.18 Å². The van der Waals surface area contributed by atoms with Gasteiger partial charge in [0.15, 0.2) is 0 Å². The summed E-state index contributed by atoms with van der Waals surface area (Å²) in [7, 11) is -1.40. The van der Waals surface area contributed by atoms with E-state index in [1.807, 2.05) is 6.07 Å². The fourth-order valence-corrected chi connectivity index (χ4v) is 4.96. The van der Waals surface area contributed by atoms with Crippen LogP contribution in [0.1, 0.15) is 21.5 Å². The van der Waals surface area contributed by atoms with Gasteiger partial charge in [0.25, 0.3) is 5.91 Å². The first kappa shape index (κ1) is 25.7. The van der Waals surface area contributed by atoms with Gasteiger partial charge < -0.3 is 20.0 Å². The van der Waals surface area contributed by atoms with Crippen LogP contribution in [0.4, 0.5) is 13.2 Å². The van der Waals surface area contributed by atoms with Crippen LogP contribution in [-0.4, -0.2) is 35.1 Å². The maximum atomic E-state index is 14.1. The van der Waals surface area contributed by atoms with E-state index in [0.29, 0.717) is 29.1 Å². The normalized spacial score (nSPS) is 12.4. The summed E-state index contributed by atoms with van der Waals surface area (Å²) in [5, 5.41) is 0.765. The Morgan fingerprint density at radius 1 is 1.14 bits per heavy atom. The molecule has 10 heteroatoms. The Kier molecular flexibility index (Phi) is 6.85. The summed E-state index contributed by atoms with van der Waals surface area (Å²) in [4.78, 5) is 19.9. The molecular weight excluding hydrogens is 485 g/mol. The van der Waals surface area contributed by atoms with Crippen molar-refractivity contribution in [2.75, 3.05) is 6.61 Å². The third kappa shape index (κ3) is 5.24. The first-order valence-corrected chi connectivity index (χ1v) is 15.3. The number of hydrogen-bond donors (Lipinski definition) is 2. The summed E-state index contributed by atoms with van der Waals surface area (Å²) in [6.45, 7) is 8.66. The maximum absolute atomic E-state index is 14.1. The predicted octanol–water partition coefficient (Wildman–Crippen LogP) is 6.44. The second kappa shape index (κ2) is 9.59. The highest BCUT2D eigenvalue weighted by molar-refractivity contribution is 6.76. The molecule has 0 saturated heterocycles. The van der Waals surface area contributed by atoms with Crippen LogP contribution in [0.15, 0.2) is 48.8 Å². The first-order chi connectivity index (χ1) is 16.9. The highest BCUT2D eigenvalue weighted by Crippen LogP contribution is 2.42. The molecule has 0 unspecified atom stereocenters. The third-order valence-corrected chi connectivity index (χ3v) is 7.75. The Morgan fingerprint density at radius 3 is 2.56 bits per heavy atom. The molecule has 3 heterocycles. The number of halogens is 3. The van der Waals surface area contributed by atoms with Gasteiger partial charge in [0.05, 0.1) is 22.5 Å². The van der Waals surface area contributed by atoms with Crippen LogP contribution in [-0.2, 0) is 17.6 Å². The molecule has 0 saturated carbocycles. The number of rotatable bonds is 8. The third-order valence-electron chi connectivity index (χ3n) is 6.05. The van der Waals surface area contributed by atoms with Gasteiger partial charge in [-0.05, 0) is 37.2 Å². The van der Waals surface area contributed by atoms with E-state index < -0.39 is 25.7 Å². The number of aromatic amines is 1. The van der Waals surface area contributed by atoms with Gasteiger partial charge in [0.1, 0.15) is 12.4 Å². The molecule has 0 aliphatic heterocycles. The lowest BCUT2D eigenvalue weighted by atomic mass is 9.98. The summed E-state index contributed by atoms with van der Waals surface area (Å²) in [6, 6.07) is 10.1. The number of ether oxygens (including phenoxy) is 1. The quantitative estimate of drug-likeness (QED) is 0.210. The summed E-state index contributed by atoms with van der Waals surface area (Å²) in [6.07, 6.45) is -1.29. The lowest BCUT2D eigenvalue weighted by Gasteiger charge is -2.20. The number of nitrogens with zero attached hydrogens (tertiary/aromatic N) is 2. The standard InChI is InChI=1S/C26H29F3N4O2Si/c1-16-5-6-19(21(13-16)26(27,28)29)23-20(24(30)34)14-22(33(23)15-35-11-12-36(2,3)4)17-7-9-31-25-18(17)8-10-32-25/h5-10,13-14H,11-12,15H2,1-4H3,(H2,30,34)(H,31,32). The number of amides is 1. The van der Waals surface area contributed by atoms with Crippen LogP contribution in [0, 0.1) is 6.92 Å². The number of H-pyrrole nitrogens is 1. The molecule has 3 aromatic heterocycles. The van der Waals surface area contributed by atoms with Gasteiger partial charge in [-0.2, -0.15) is 13.2 Å². The van der Waals surface area contributed by atoms with E-state index in [1.165, 1.54) is 6.07 Å². The zero-order valence-corrected chi connectivity index (χ0v) is 21.7. The molecule has 6 nitrogen and oxygen atoms in total. The summed E-state index contributed by atoms with van der Waals surface area (Å²) < 4.78 is 50.1. The molecule has 0 bridgehead atoms. The number of nitrogens with one attached hydrogen (secondary N) is 1. The number of nitrogens with two attached hydrogens (primary N) is 1. The lowest BCUT2D eigenvalue weighted by Crippen LogP contribution is -2.22. The van der Waals surface area contributed by atoms with Crippen molar-refractivity contribution < 1.29 is 22.7 Å². The summed E-state index contributed by atoms with van der Waals surface area (Å²) in [5.41, 5.74) is 7.13. The van der Waals surface area contributed by atoms with Crippen LogP contribution in [0.2, 0.25) is 25.7 Å². The molecular formula is C26H29F3N4O2Si. The molecule has 0 spiro atoms. The largest absolute Gasteiger partial charge is 0.417 e. The van der Waals surface area contributed by atoms with Crippen molar-refractivity contribution in [2.45, 2.75) is 45.5 Å². The number of primary amides is 1. The van der Waals surface area contributed by atoms with Gasteiger partial charge in [-0.1, -0.05) is 37.3 Å². The van der Waals surface area contributed by atoms with E-state index in [4.69, 9.17) is 10.5 Å². The molecule has 4 aromatic rings. The number of aromatic nitrogens is 3. The number of carbonyl (C=O) groups is 1. The van der Waals surface area contributed by atoms with E-state index in [1.54, 1.807) is 42.1 Å². The van der Waals surface area contributed by atoms with E-state index in [-0.39, 0.29) is 23.6 Å². The monoisotopic (exact) mass is 514 g/mol.